The smallest absolute Gasteiger partial charge is 0.319 e. The van der Waals surface area contributed by atoms with Crippen molar-refractivity contribution >= 4 is 8.25 Å². The molecule has 6 heteroatoms. The van der Waals surface area contributed by atoms with E-state index in [2.05, 4.69) is 13.8 Å². The molecule has 18 heavy (non-hydrogen) atoms. The molecule has 0 N–H and O–H groups in total. The van der Waals surface area contributed by atoms with Crippen LogP contribution < -0.4 is 0 Å². The maximum Gasteiger partial charge on any atom is 0.319 e. The van der Waals surface area contributed by atoms with Crippen LogP contribution >= 0.6 is 8.25 Å². The summed E-state index contributed by atoms with van der Waals surface area (Å²) in [4.78, 5) is 0. The summed E-state index contributed by atoms with van der Waals surface area (Å²) in [6.45, 7) is 7.24. The van der Waals surface area contributed by atoms with Crippen LogP contribution in [0.15, 0.2) is 0 Å². The van der Waals surface area contributed by atoms with Gasteiger partial charge in [0.25, 0.3) is 0 Å². The second-order valence-electron chi connectivity index (χ2n) is 3.88. The predicted octanol–water partition coefficient (Wildman–Crippen LogP) is 3.04. The van der Waals surface area contributed by atoms with Crippen molar-refractivity contribution in [2.75, 3.05) is 39.6 Å². The van der Waals surface area contributed by atoms with Crippen LogP contribution in [-0.4, -0.2) is 39.6 Å². The van der Waals surface area contributed by atoms with Crippen LogP contribution in [0.25, 0.3) is 0 Å². The molecular formula is C12H27O5P. The lowest BCUT2D eigenvalue weighted by molar-refractivity contribution is 0.0781. The van der Waals surface area contributed by atoms with E-state index in [1.54, 1.807) is 0 Å². The highest BCUT2D eigenvalue weighted by Crippen LogP contribution is 2.22. The van der Waals surface area contributed by atoms with E-state index in [1.807, 2.05) is 0 Å². The summed E-state index contributed by atoms with van der Waals surface area (Å²) in [5.74, 6) is 0. The van der Waals surface area contributed by atoms with E-state index in [0.29, 0.717) is 26.4 Å². The molecule has 0 aliphatic rings. The van der Waals surface area contributed by atoms with Gasteiger partial charge in [0.1, 0.15) is 0 Å². The van der Waals surface area contributed by atoms with Gasteiger partial charge in [0, 0.05) is 13.2 Å². The highest BCUT2D eigenvalue weighted by atomic mass is 31.1. The molecule has 0 unspecified atom stereocenters. The van der Waals surface area contributed by atoms with Gasteiger partial charge in [-0.15, -0.1) is 0 Å². The second-order valence-corrected chi connectivity index (χ2v) is 4.96. The van der Waals surface area contributed by atoms with Gasteiger partial charge >= 0.3 is 8.25 Å². The molecule has 0 saturated carbocycles. The fourth-order valence-electron chi connectivity index (χ4n) is 1.11. The van der Waals surface area contributed by atoms with Gasteiger partial charge in [-0.25, -0.2) is 0 Å². The zero-order valence-corrected chi connectivity index (χ0v) is 12.6. The Morgan fingerprint density at radius 2 is 1.17 bits per heavy atom. The minimum Gasteiger partial charge on any atom is -0.379 e. The third-order valence-corrected chi connectivity index (χ3v) is 3.06. The number of hydrogen-bond donors (Lipinski definition) is 0. The molecule has 0 radical (unpaired) electrons. The van der Waals surface area contributed by atoms with Gasteiger partial charge in [0.2, 0.25) is 0 Å². The van der Waals surface area contributed by atoms with E-state index < -0.39 is 8.25 Å². The second kappa shape index (κ2) is 15.1. The Morgan fingerprint density at radius 3 is 1.56 bits per heavy atom. The van der Waals surface area contributed by atoms with Crippen LogP contribution in [0.3, 0.4) is 0 Å². The summed E-state index contributed by atoms with van der Waals surface area (Å²) in [5, 5.41) is 0. The maximum atomic E-state index is 11.3. The van der Waals surface area contributed by atoms with Gasteiger partial charge in [0.05, 0.1) is 26.4 Å². The first kappa shape index (κ1) is 18.1. The van der Waals surface area contributed by atoms with Gasteiger partial charge in [-0.3, -0.25) is 4.57 Å². The van der Waals surface area contributed by atoms with Crippen molar-refractivity contribution in [3.63, 3.8) is 0 Å². The molecular weight excluding hydrogens is 255 g/mol. The monoisotopic (exact) mass is 282 g/mol. The molecule has 0 aromatic rings. The van der Waals surface area contributed by atoms with E-state index in [1.165, 1.54) is 0 Å². The highest BCUT2D eigenvalue weighted by molar-refractivity contribution is 7.33. The average molecular weight is 282 g/mol. The Bertz CT molecular complexity index is 171. The standard InChI is InChI=1S/C12H27O5P/c1-3-5-7-14-9-11-16-18(13)17-12-10-15-8-6-4-2/h18H,3-12H2,1-2H3. The lowest BCUT2D eigenvalue weighted by Gasteiger charge is -2.06. The van der Waals surface area contributed by atoms with E-state index >= 15 is 0 Å². The highest BCUT2D eigenvalue weighted by Gasteiger charge is 1.99. The Labute approximate surface area is 111 Å². The molecule has 0 heterocycles. The Morgan fingerprint density at radius 1 is 0.722 bits per heavy atom. The summed E-state index contributed by atoms with van der Waals surface area (Å²) >= 11 is 0. The Hall–Kier alpha value is 0.0700. The third-order valence-electron chi connectivity index (χ3n) is 2.18. The van der Waals surface area contributed by atoms with Crippen molar-refractivity contribution in [3.8, 4) is 0 Å². The van der Waals surface area contributed by atoms with Crippen molar-refractivity contribution in [2.45, 2.75) is 39.5 Å². The van der Waals surface area contributed by atoms with Crippen molar-refractivity contribution in [2.24, 2.45) is 0 Å². The minimum absolute atomic E-state index is 0.318. The lowest BCUT2D eigenvalue weighted by Crippen LogP contribution is -2.04. The zero-order valence-electron chi connectivity index (χ0n) is 11.6. The first-order valence-electron chi connectivity index (χ1n) is 6.76. The first-order chi connectivity index (χ1) is 8.81. The quantitative estimate of drug-likeness (QED) is 0.362. The van der Waals surface area contributed by atoms with Crippen LogP contribution in [0.4, 0.5) is 0 Å². The average Bonchev–Trinajstić information content (AvgIpc) is 2.38. The normalized spacial score (nSPS) is 11.3. The molecule has 0 aliphatic heterocycles. The summed E-state index contributed by atoms with van der Waals surface area (Å²) in [5.41, 5.74) is 0. The molecule has 5 nitrogen and oxygen atoms in total. The first-order valence-corrected chi connectivity index (χ1v) is 7.98. The predicted molar refractivity (Wildman–Crippen MR) is 72.4 cm³/mol. The van der Waals surface area contributed by atoms with E-state index in [-0.39, 0.29) is 0 Å². The third kappa shape index (κ3) is 14.1. The van der Waals surface area contributed by atoms with E-state index in [4.69, 9.17) is 18.5 Å². The van der Waals surface area contributed by atoms with Crippen LogP contribution in [-0.2, 0) is 23.1 Å². The molecule has 0 aromatic heterocycles. The molecule has 110 valence electrons. The van der Waals surface area contributed by atoms with Crippen LogP contribution in [0, 0.1) is 0 Å². The summed E-state index contributed by atoms with van der Waals surface area (Å²) < 4.78 is 31.8. The molecule has 0 saturated heterocycles. The fourth-order valence-corrected chi connectivity index (χ4v) is 1.69. The molecule has 0 bridgehead atoms. The fraction of sp³-hybridized carbons (Fsp3) is 1.00. The molecule has 0 fully saturated rings. The number of unbranched alkanes of at least 4 members (excludes halogenated alkanes) is 2. The van der Waals surface area contributed by atoms with Crippen molar-refractivity contribution < 1.29 is 23.1 Å². The molecule has 0 aliphatic carbocycles. The van der Waals surface area contributed by atoms with Crippen LogP contribution in [0.2, 0.25) is 0 Å². The SMILES string of the molecule is CCCCOCCO[PH](=O)OCCOCCCC. The van der Waals surface area contributed by atoms with Gasteiger partial charge in [-0.1, -0.05) is 26.7 Å². The maximum absolute atomic E-state index is 11.3. The van der Waals surface area contributed by atoms with Gasteiger partial charge in [-0.2, -0.15) is 0 Å². The number of rotatable bonds is 14. The van der Waals surface area contributed by atoms with Crippen LogP contribution in [0.1, 0.15) is 39.5 Å². The minimum atomic E-state index is -2.38. The Balaban J connectivity index is 3.12. The molecule has 0 rings (SSSR count). The molecule has 0 amide bonds. The number of ether oxygens (including phenoxy) is 2. The van der Waals surface area contributed by atoms with Gasteiger partial charge < -0.3 is 18.5 Å². The topological polar surface area (TPSA) is 54.0 Å². The summed E-state index contributed by atoms with van der Waals surface area (Å²) in [6, 6.07) is 0. The Kier molecular flexibility index (Phi) is 15.2. The molecule has 0 atom stereocenters. The van der Waals surface area contributed by atoms with E-state index in [9.17, 15) is 4.57 Å². The van der Waals surface area contributed by atoms with Crippen molar-refractivity contribution in [1.29, 1.82) is 0 Å². The number of hydrogen-bond acceptors (Lipinski definition) is 5. The zero-order chi connectivity index (χ0) is 13.5. The lowest BCUT2D eigenvalue weighted by atomic mass is 10.4. The van der Waals surface area contributed by atoms with Gasteiger partial charge in [0.15, 0.2) is 0 Å². The van der Waals surface area contributed by atoms with Crippen molar-refractivity contribution in [3.05, 3.63) is 0 Å². The molecule has 0 spiro atoms. The largest absolute Gasteiger partial charge is 0.379 e. The summed E-state index contributed by atoms with van der Waals surface area (Å²) in [6.07, 6.45) is 4.30. The van der Waals surface area contributed by atoms with Crippen LogP contribution in [0.5, 0.6) is 0 Å². The summed E-state index contributed by atoms with van der Waals surface area (Å²) in [7, 11) is -2.38. The van der Waals surface area contributed by atoms with E-state index in [0.717, 1.165) is 38.9 Å². The van der Waals surface area contributed by atoms with Gasteiger partial charge in [-0.05, 0) is 12.8 Å². The van der Waals surface area contributed by atoms with Crippen molar-refractivity contribution in [1.82, 2.24) is 0 Å². The molecule has 0 aromatic carbocycles.